The molecule has 2 aliphatic rings. The second kappa shape index (κ2) is 6.72. The minimum atomic E-state index is 0.0139. The monoisotopic (exact) mass is 318 g/mol. The fraction of sp³-hybridized carbons (Fsp3) is 0.706. The van der Waals surface area contributed by atoms with Crippen molar-refractivity contribution in [2.45, 2.75) is 52.5 Å². The zero-order valence-electron chi connectivity index (χ0n) is 14.1. The van der Waals surface area contributed by atoms with Crippen LogP contribution in [0.2, 0.25) is 0 Å². The van der Waals surface area contributed by atoms with Gasteiger partial charge in [0.25, 0.3) is 5.91 Å². The number of rotatable bonds is 3. The summed E-state index contributed by atoms with van der Waals surface area (Å²) in [6.45, 7) is 6.83. The summed E-state index contributed by atoms with van der Waals surface area (Å²) >= 11 is 0. The van der Waals surface area contributed by atoms with Crippen molar-refractivity contribution in [1.29, 1.82) is 0 Å². The fourth-order valence-corrected chi connectivity index (χ4v) is 3.39. The van der Waals surface area contributed by atoms with Crippen LogP contribution in [0.25, 0.3) is 0 Å². The Morgan fingerprint density at radius 1 is 1.17 bits per heavy atom. The van der Waals surface area contributed by atoms with Gasteiger partial charge in [-0.05, 0) is 25.7 Å². The summed E-state index contributed by atoms with van der Waals surface area (Å²) in [4.78, 5) is 29.0. The van der Waals surface area contributed by atoms with E-state index in [0.29, 0.717) is 18.8 Å². The predicted molar refractivity (Wildman–Crippen MR) is 86.9 cm³/mol. The summed E-state index contributed by atoms with van der Waals surface area (Å²) in [5.74, 6) is 0.223. The van der Waals surface area contributed by atoms with E-state index in [-0.39, 0.29) is 17.7 Å². The average Bonchev–Trinajstić information content (AvgIpc) is 3.03. The molecular formula is C17H26N4O2. The molecule has 3 heterocycles. The molecule has 6 nitrogen and oxygen atoms in total. The maximum atomic E-state index is 12.7. The minimum Gasteiger partial charge on any atom is -0.338 e. The Morgan fingerprint density at radius 2 is 1.91 bits per heavy atom. The maximum Gasteiger partial charge on any atom is 0.274 e. The lowest BCUT2D eigenvalue weighted by Gasteiger charge is -2.30. The molecule has 1 aromatic rings. The normalized spacial score (nSPS) is 19.4. The van der Waals surface area contributed by atoms with Gasteiger partial charge in [-0.15, -0.1) is 0 Å². The number of nitrogens with zero attached hydrogens (tertiary/aromatic N) is 3. The molecule has 0 radical (unpaired) electrons. The second-order valence-corrected chi connectivity index (χ2v) is 6.70. The van der Waals surface area contributed by atoms with Gasteiger partial charge in [-0.3, -0.25) is 14.7 Å². The minimum absolute atomic E-state index is 0.0139. The van der Waals surface area contributed by atoms with Crippen molar-refractivity contribution in [3.05, 3.63) is 17.0 Å². The number of aromatic amines is 1. The van der Waals surface area contributed by atoms with Crippen molar-refractivity contribution >= 4 is 11.8 Å². The molecule has 3 rings (SSSR count). The molecule has 1 unspecified atom stereocenters. The predicted octanol–water partition coefficient (Wildman–Crippen LogP) is 1.97. The molecule has 0 bridgehead atoms. The highest BCUT2D eigenvalue weighted by molar-refractivity contribution is 5.94. The number of hydrogen-bond donors (Lipinski definition) is 1. The van der Waals surface area contributed by atoms with Gasteiger partial charge in [-0.25, -0.2) is 0 Å². The summed E-state index contributed by atoms with van der Waals surface area (Å²) in [6, 6.07) is 0. The zero-order chi connectivity index (χ0) is 16.4. The molecular weight excluding hydrogens is 292 g/mol. The van der Waals surface area contributed by atoms with Gasteiger partial charge in [-0.1, -0.05) is 13.8 Å². The molecule has 1 saturated heterocycles. The molecule has 1 fully saturated rings. The summed E-state index contributed by atoms with van der Waals surface area (Å²) in [6.07, 6.45) is 4.92. The number of hydrogen-bond acceptors (Lipinski definition) is 3. The van der Waals surface area contributed by atoms with Crippen molar-refractivity contribution in [3.63, 3.8) is 0 Å². The third-order valence-corrected chi connectivity index (χ3v) is 5.12. The number of amides is 2. The maximum absolute atomic E-state index is 12.7. The van der Waals surface area contributed by atoms with E-state index in [2.05, 4.69) is 10.2 Å². The molecule has 1 N–H and O–H groups in total. The number of fused-ring (bicyclic) bond motifs is 1. The topological polar surface area (TPSA) is 69.3 Å². The highest BCUT2D eigenvalue weighted by Crippen LogP contribution is 2.24. The van der Waals surface area contributed by atoms with Crippen LogP contribution in [0.3, 0.4) is 0 Å². The van der Waals surface area contributed by atoms with E-state index in [1.807, 2.05) is 23.6 Å². The van der Waals surface area contributed by atoms with Gasteiger partial charge in [0.1, 0.15) is 0 Å². The van der Waals surface area contributed by atoms with E-state index in [0.717, 1.165) is 50.0 Å². The van der Waals surface area contributed by atoms with Gasteiger partial charge in [0.05, 0.1) is 0 Å². The quantitative estimate of drug-likeness (QED) is 0.926. The van der Waals surface area contributed by atoms with E-state index < -0.39 is 0 Å². The van der Waals surface area contributed by atoms with Gasteiger partial charge >= 0.3 is 0 Å². The lowest BCUT2D eigenvalue weighted by Crippen LogP contribution is -2.40. The Balaban J connectivity index is 1.78. The van der Waals surface area contributed by atoms with Gasteiger partial charge in [0.2, 0.25) is 5.91 Å². The first-order valence-electron chi connectivity index (χ1n) is 8.76. The first-order chi connectivity index (χ1) is 11.1. The smallest absolute Gasteiger partial charge is 0.274 e. The average molecular weight is 318 g/mol. The number of piperidine rings is 1. The standard InChI is InChI=1S/C17H26N4O2/c1-3-12(2)16(22)21-10-7-14-13(11-21)15(19-18-14)17(23)20-8-5-4-6-9-20/h12H,3-11H2,1-2H3,(H,18,19). The van der Waals surface area contributed by atoms with Crippen LogP contribution in [0.1, 0.15) is 61.3 Å². The third-order valence-electron chi connectivity index (χ3n) is 5.12. The van der Waals surface area contributed by atoms with Crippen LogP contribution in [-0.2, 0) is 17.8 Å². The van der Waals surface area contributed by atoms with Gasteiger partial charge in [0, 0.05) is 49.8 Å². The van der Waals surface area contributed by atoms with E-state index in [1.165, 1.54) is 6.42 Å². The molecule has 0 spiro atoms. The first kappa shape index (κ1) is 16.0. The van der Waals surface area contributed by atoms with Crippen LogP contribution < -0.4 is 0 Å². The summed E-state index contributed by atoms with van der Waals surface area (Å²) in [5.41, 5.74) is 2.45. The first-order valence-corrected chi connectivity index (χ1v) is 8.76. The van der Waals surface area contributed by atoms with Crippen LogP contribution in [0.5, 0.6) is 0 Å². The molecule has 0 aromatic carbocycles. The molecule has 23 heavy (non-hydrogen) atoms. The molecule has 0 aliphatic carbocycles. The molecule has 1 aromatic heterocycles. The number of likely N-dealkylation sites (tertiary alicyclic amines) is 1. The van der Waals surface area contributed by atoms with Crippen molar-refractivity contribution in [1.82, 2.24) is 20.0 Å². The lowest BCUT2D eigenvalue weighted by molar-refractivity contribution is -0.136. The molecule has 2 amide bonds. The third kappa shape index (κ3) is 3.12. The summed E-state index contributed by atoms with van der Waals surface area (Å²) in [5, 5.41) is 7.29. The molecule has 1 atom stereocenters. The van der Waals surface area contributed by atoms with Crippen LogP contribution in [-0.4, -0.2) is 51.4 Å². The number of H-pyrrole nitrogens is 1. The van der Waals surface area contributed by atoms with Crippen LogP contribution in [0, 0.1) is 5.92 Å². The molecule has 2 aliphatic heterocycles. The second-order valence-electron chi connectivity index (χ2n) is 6.70. The van der Waals surface area contributed by atoms with Crippen LogP contribution in [0.4, 0.5) is 0 Å². The number of aromatic nitrogens is 2. The summed E-state index contributed by atoms with van der Waals surface area (Å²) in [7, 11) is 0. The molecule has 0 saturated carbocycles. The van der Waals surface area contributed by atoms with Gasteiger partial charge in [0.15, 0.2) is 5.69 Å². The Bertz CT molecular complexity index is 589. The van der Waals surface area contributed by atoms with Crippen molar-refractivity contribution in [2.24, 2.45) is 5.92 Å². The lowest BCUT2D eigenvalue weighted by atomic mass is 10.0. The molecule has 126 valence electrons. The highest BCUT2D eigenvalue weighted by Gasteiger charge is 2.31. The highest BCUT2D eigenvalue weighted by atomic mass is 16.2. The van der Waals surface area contributed by atoms with Crippen molar-refractivity contribution in [2.75, 3.05) is 19.6 Å². The Labute approximate surface area is 137 Å². The Hall–Kier alpha value is -1.85. The summed E-state index contributed by atoms with van der Waals surface area (Å²) < 4.78 is 0. The van der Waals surface area contributed by atoms with Crippen molar-refractivity contribution < 1.29 is 9.59 Å². The van der Waals surface area contributed by atoms with Crippen molar-refractivity contribution in [3.8, 4) is 0 Å². The molecule has 6 heteroatoms. The van der Waals surface area contributed by atoms with Gasteiger partial charge < -0.3 is 9.80 Å². The van der Waals surface area contributed by atoms with E-state index in [1.54, 1.807) is 0 Å². The van der Waals surface area contributed by atoms with E-state index >= 15 is 0 Å². The Kier molecular flexibility index (Phi) is 4.68. The SMILES string of the molecule is CCC(C)C(=O)N1CCc2[nH]nc(C(=O)N3CCCCC3)c2C1. The Morgan fingerprint density at radius 3 is 2.61 bits per heavy atom. The van der Waals surface area contributed by atoms with Crippen LogP contribution >= 0.6 is 0 Å². The van der Waals surface area contributed by atoms with E-state index in [4.69, 9.17) is 0 Å². The van der Waals surface area contributed by atoms with E-state index in [9.17, 15) is 9.59 Å². The number of carbonyl (C=O) groups excluding carboxylic acids is 2. The number of nitrogens with one attached hydrogen (secondary N) is 1. The largest absolute Gasteiger partial charge is 0.338 e. The number of carbonyl (C=O) groups is 2. The zero-order valence-corrected chi connectivity index (χ0v) is 14.1. The van der Waals surface area contributed by atoms with Gasteiger partial charge in [-0.2, -0.15) is 5.10 Å². The van der Waals surface area contributed by atoms with Crippen LogP contribution in [0.15, 0.2) is 0 Å². The fourth-order valence-electron chi connectivity index (χ4n) is 3.39.